The van der Waals surface area contributed by atoms with Crippen molar-refractivity contribution in [1.82, 2.24) is 0 Å². The average Bonchev–Trinajstić information content (AvgIpc) is 2.39. The van der Waals surface area contributed by atoms with Gasteiger partial charge in [-0.2, -0.15) is 0 Å². The molecule has 1 saturated carbocycles. The van der Waals surface area contributed by atoms with E-state index in [9.17, 15) is 4.39 Å². The van der Waals surface area contributed by atoms with Crippen molar-refractivity contribution in [3.8, 4) is 0 Å². The van der Waals surface area contributed by atoms with Crippen LogP contribution in [0.5, 0.6) is 0 Å². The van der Waals surface area contributed by atoms with Gasteiger partial charge in [0.15, 0.2) is 0 Å². The highest BCUT2D eigenvalue weighted by atomic mass is 19.2. The first-order valence-corrected chi connectivity index (χ1v) is 3.18. The number of fused-ring (bicyclic) bond motifs is 1. The molecule has 2 rings (SSSR count). The molecular formula is C6H9FO. The van der Waals surface area contributed by atoms with Crippen LogP contribution in [0.15, 0.2) is 0 Å². The minimum absolute atomic E-state index is 0.0174. The monoisotopic (exact) mass is 116 g/mol. The Morgan fingerprint density at radius 1 is 1.50 bits per heavy atom. The number of hydrogen-bond donors (Lipinski definition) is 0. The van der Waals surface area contributed by atoms with Gasteiger partial charge in [0.1, 0.15) is 6.10 Å². The smallest absolute Gasteiger partial charge is 0.236 e. The Labute approximate surface area is 47.8 Å². The quantitative estimate of drug-likeness (QED) is 0.438. The lowest BCUT2D eigenvalue weighted by atomic mass is 9.99. The van der Waals surface area contributed by atoms with Crippen LogP contribution in [-0.4, -0.2) is 12.0 Å². The lowest BCUT2D eigenvalue weighted by Gasteiger charge is -2.06. The van der Waals surface area contributed by atoms with Gasteiger partial charge in [0.05, 0.1) is 0 Å². The molecule has 1 aliphatic heterocycles. The molecule has 0 radical (unpaired) electrons. The summed E-state index contributed by atoms with van der Waals surface area (Å²) in [6, 6.07) is 0. The minimum atomic E-state index is -1.15. The van der Waals surface area contributed by atoms with E-state index in [0.717, 1.165) is 19.3 Å². The predicted octanol–water partition coefficient (Wildman–Crippen LogP) is 1.62. The molecule has 0 N–H and O–H groups in total. The molecule has 1 aliphatic carbocycles. The molecule has 1 saturated heterocycles. The third kappa shape index (κ3) is 0.494. The van der Waals surface area contributed by atoms with Crippen molar-refractivity contribution in [3.05, 3.63) is 0 Å². The molecule has 8 heavy (non-hydrogen) atoms. The first-order chi connectivity index (χ1) is 3.81. The summed E-state index contributed by atoms with van der Waals surface area (Å²) in [4.78, 5) is 0. The van der Waals surface area contributed by atoms with Crippen molar-refractivity contribution in [1.29, 1.82) is 0 Å². The standard InChI is InChI=1S/C6H9FO/c7-6-4-2-1-3-5(6)8-6/h5H,1-4H2. The zero-order valence-electron chi connectivity index (χ0n) is 4.69. The van der Waals surface area contributed by atoms with Gasteiger partial charge in [-0.15, -0.1) is 0 Å². The minimum Gasteiger partial charge on any atom is -0.334 e. The number of halogens is 1. The van der Waals surface area contributed by atoms with Crippen LogP contribution in [0.25, 0.3) is 0 Å². The van der Waals surface area contributed by atoms with E-state index in [1.54, 1.807) is 0 Å². The summed E-state index contributed by atoms with van der Waals surface area (Å²) in [7, 11) is 0. The van der Waals surface area contributed by atoms with Crippen molar-refractivity contribution >= 4 is 0 Å². The van der Waals surface area contributed by atoms with E-state index >= 15 is 0 Å². The van der Waals surface area contributed by atoms with Crippen molar-refractivity contribution in [2.24, 2.45) is 0 Å². The van der Waals surface area contributed by atoms with Crippen LogP contribution in [0, 0.1) is 0 Å². The molecule has 1 nitrogen and oxygen atoms in total. The number of alkyl halides is 1. The van der Waals surface area contributed by atoms with Gasteiger partial charge in [-0.3, -0.25) is 0 Å². The van der Waals surface area contributed by atoms with Crippen molar-refractivity contribution < 1.29 is 9.13 Å². The molecule has 2 atom stereocenters. The molecule has 0 spiro atoms. The van der Waals surface area contributed by atoms with E-state index in [4.69, 9.17) is 4.74 Å². The fourth-order valence-corrected chi connectivity index (χ4v) is 1.39. The van der Waals surface area contributed by atoms with Gasteiger partial charge in [-0.25, -0.2) is 4.39 Å². The maximum atomic E-state index is 12.7. The van der Waals surface area contributed by atoms with E-state index in [0.29, 0.717) is 6.42 Å². The molecule has 2 heteroatoms. The van der Waals surface area contributed by atoms with Crippen molar-refractivity contribution in [2.45, 2.75) is 37.6 Å². The topological polar surface area (TPSA) is 12.5 Å². The highest BCUT2D eigenvalue weighted by Crippen LogP contribution is 2.48. The van der Waals surface area contributed by atoms with Gasteiger partial charge >= 0.3 is 0 Å². The van der Waals surface area contributed by atoms with Gasteiger partial charge in [0, 0.05) is 6.42 Å². The molecule has 0 amide bonds. The zero-order chi connectivity index (χ0) is 5.61. The first-order valence-electron chi connectivity index (χ1n) is 3.18. The van der Waals surface area contributed by atoms with Crippen LogP contribution in [0.2, 0.25) is 0 Å². The Balaban J connectivity index is 2.04. The largest absolute Gasteiger partial charge is 0.334 e. The Bertz CT molecular complexity index is 113. The van der Waals surface area contributed by atoms with Crippen LogP contribution >= 0.6 is 0 Å². The van der Waals surface area contributed by atoms with Crippen molar-refractivity contribution in [2.75, 3.05) is 0 Å². The fourth-order valence-electron chi connectivity index (χ4n) is 1.39. The van der Waals surface area contributed by atoms with Crippen LogP contribution in [0.1, 0.15) is 25.7 Å². The van der Waals surface area contributed by atoms with Gasteiger partial charge < -0.3 is 4.74 Å². The highest BCUT2D eigenvalue weighted by Gasteiger charge is 2.58. The van der Waals surface area contributed by atoms with Gasteiger partial charge in [-0.1, -0.05) is 6.42 Å². The summed E-state index contributed by atoms with van der Waals surface area (Å²) in [5.74, 6) is -1.15. The summed E-state index contributed by atoms with van der Waals surface area (Å²) in [6.07, 6.45) is 3.72. The molecule has 2 fully saturated rings. The second-order valence-electron chi connectivity index (χ2n) is 2.64. The van der Waals surface area contributed by atoms with E-state index in [1.165, 1.54) is 0 Å². The molecule has 0 aromatic rings. The number of ether oxygens (including phenoxy) is 1. The molecule has 2 unspecified atom stereocenters. The first kappa shape index (κ1) is 4.74. The van der Waals surface area contributed by atoms with Gasteiger partial charge in [-0.05, 0) is 12.8 Å². The summed E-state index contributed by atoms with van der Waals surface area (Å²) in [6.45, 7) is 0. The Morgan fingerprint density at radius 3 is 2.88 bits per heavy atom. The van der Waals surface area contributed by atoms with Crippen LogP contribution in [0.3, 0.4) is 0 Å². The maximum Gasteiger partial charge on any atom is 0.236 e. The normalized spacial score (nSPS) is 52.9. The van der Waals surface area contributed by atoms with E-state index < -0.39 is 5.85 Å². The van der Waals surface area contributed by atoms with Gasteiger partial charge in [0.2, 0.25) is 5.85 Å². The van der Waals surface area contributed by atoms with Crippen molar-refractivity contribution in [3.63, 3.8) is 0 Å². The summed E-state index contributed by atoms with van der Waals surface area (Å²) >= 11 is 0. The fraction of sp³-hybridized carbons (Fsp3) is 1.00. The Hall–Kier alpha value is -0.110. The van der Waals surface area contributed by atoms with E-state index in [1.807, 2.05) is 0 Å². The number of rotatable bonds is 0. The molecule has 0 aromatic carbocycles. The average molecular weight is 116 g/mol. The van der Waals surface area contributed by atoms with Crippen LogP contribution in [-0.2, 0) is 4.74 Å². The summed E-state index contributed by atoms with van der Waals surface area (Å²) < 4.78 is 17.5. The number of epoxide rings is 1. The maximum absolute atomic E-state index is 12.7. The molecule has 0 aromatic heterocycles. The summed E-state index contributed by atoms with van der Waals surface area (Å²) in [5.41, 5.74) is 0. The SMILES string of the molecule is FC12CCCCC1O2. The Kier molecular flexibility index (Phi) is 0.734. The predicted molar refractivity (Wildman–Crippen MR) is 27.2 cm³/mol. The van der Waals surface area contributed by atoms with E-state index in [2.05, 4.69) is 0 Å². The second-order valence-corrected chi connectivity index (χ2v) is 2.64. The third-order valence-electron chi connectivity index (χ3n) is 2.00. The molecule has 46 valence electrons. The highest BCUT2D eigenvalue weighted by molar-refractivity contribution is 4.96. The zero-order valence-corrected chi connectivity index (χ0v) is 4.69. The van der Waals surface area contributed by atoms with E-state index in [-0.39, 0.29) is 6.10 Å². The van der Waals surface area contributed by atoms with Crippen LogP contribution in [0.4, 0.5) is 4.39 Å². The molecule has 0 bridgehead atoms. The van der Waals surface area contributed by atoms with Crippen LogP contribution < -0.4 is 0 Å². The lowest BCUT2D eigenvalue weighted by Crippen LogP contribution is -2.11. The lowest BCUT2D eigenvalue weighted by molar-refractivity contribution is 0.127. The third-order valence-corrected chi connectivity index (χ3v) is 2.00. The molecular weight excluding hydrogens is 107 g/mol. The van der Waals surface area contributed by atoms with Gasteiger partial charge in [0.25, 0.3) is 0 Å². The second kappa shape index (κ2) is 1.24. The number of hydrogen-bond acceptors (Lipinski definition) is 1. The Morgan fingerprint density at radius 2 is 2.38 bits per heavy atom. The summed E-state index contributed by atoms with van der Waals surface area (Å²) in [5, 5.41) is 0. The molecule has 1 heterocycles. The molecule has 2 aliphatic rings.